The van der Waals surface area contributed by atoms with Gasteiger partial charge < -0.3 is 5.32 Å². The van der Waals surface area contributed by atoms with Gasteiger partial charge in [0, 0.05) is 13.0 Å². The van der Waals surface area contributed by atoms with Crippen molar-refractivity contribution in [1.82, 2.24) is 5.32 Å². The summed E-state index contributed by atoms with van der Waals surface area (Å²) in [7, 11) is 0. The summed E-state index contributed by atoms with van der Waals surface area (Å²) in [4.78, 5) is 9.75. The lowest BCUT2D eigenvalue weighted by molar-refractivity contribution is -0.109. The fourth-order valence-electron chi connectivity index (χ4n) is 0.690. The number of nitrogens with one attached hydrogen (secondary N) is 1. The van der Waals surface area contributed by atoms with Gasteiger partial charge in [0.25, 0.3) is 0 Å². The first-order valence-corrected chi connectivity index (χ1v) is 3.52. The molecule has 0 rings (SSSR count). The predicted octanol–water partition coefficient (Wildman–Crippen LogP) is 0.926. The van der Waals surface area contributed by atoms with Gasteiger partial charge in [0.2, 0.25) is 6.41 Å². The highest BCUT2D eigenvalue weighted by molar-refractivity contribution is 5.45. The van der Waals surface area contributed by atoms with Crippen molar-refractivity contribution in [2.24, 2.45) is 0 Å². The Morgan fingerprint density at radius 3 is 2.80 bits per heavy atom. The van der Waals surface area contributed by atoms with Gasteiger partial charge in [-0.2, -0.15) is 0 Å². The van der Waals surface area contributed by atoms with Crippen LogP contribution in [0.25, 0.3) is 0 Å². The molecule has 0 aliphatic rings. The molecule has 0 unspecified atom stereocenters. The van der Waals surface area contributed by atoms with Crippen LogP contribution >= 0.6 is 0 Å². The molecule has 0 fully saturated rings. The minimum atomic E-state index is 0.723. The van der Waals surface area contributed by atoms with Crippen LogP contribution in [0.4, 0.5) is 0 Å². The van der Waals surface area contributed by atoms with Gasteiger partial charge in [-0.05, 0) is 12.8 Å². The Hall–Kier alpha value is -0.970. The molecule has 2 heteroatoms. The van der Waals surface area contributed by atoms with Crippen molar-refractivity contribution in [2.45, 2.75) is 25.7 Å². The van der Waals surface area contributed by atoms with E-state index in [1.54, 1.807) is 0 Å². The van der Waals surface area contributed by atoms with Crippen LogP contribution in [0.5, 0.6) is 0 Å². The van der Waals surface area contributed by atoms with Gasteiger partial charge in [0.1, 0.15) is 0 Å². The Bertz CT molecular complexity index is 115. The summed E-state index contributed by atoms with van der Waals surface area (Å²) in [5.41, 5.74) is 0. The van der Waals surface area contributed by atoms with Gasteiger partial charge in [-0.3, -0.25) is 4.79 Å². The monoisotopic (exact) mass is 139 g/mol. The summed E-state index contributed by atoms with van der Waals surface area (Å²) in [6.07, 6.45) is 9.82. The number of hydrogen-bond donors (Lipinski definition) is 1. The lowest BCUT2D eigenvalue weighted by atomic mass is 10.2. The van der Waals surface area contributed by atoms with E-state index in [1.807, 2.05) is 0 Å². The molecule has 2 nitrogen and oxygen atoms in total. The maximum Gasteiger partial charge on any atom is 0.207 e. The Balaban J connectivity index is 2.78. The molecule has 0 saturated carbocycles. The second-order valence-electron chi connectivity index (χ2n) is 2.09. The fraction of sp³-hybridized carbons (Fsp3) is 0.625. The first-order valence-electron chi connectivity index (χ1n) is 3.52. The summed E-state index contributed by atoms with van der Waals surface area (Å²) < 4.78 is 0. The molecule has 10 heavy (non-hydrogen) atoms. The number of terminal acetylenes is 1. The van der Waals surface area contributed by atoms with Crippen LogP contribution in [0.2, 0.25) is 0 Å². The first kappa shape index (κ1) is 9.03. The van der Waals surface area contributed by atoms with Crippen molar-refractivity contribution in [2.75, 3.05) is 6.54 Å². The molecule has 0 aliphatic heterocycles. The zero-order chi connectivity index (χ0) is 7.66. The second-order valence-corrected chi connectivity index (χ2v) is 2.09. The first-order chi connectivity index (χ1) is 4.91. The van der Waals surface area contributed by atoms with E-state index in [9.17, 15) is 4.79 Å². The number of hydrogen-bond acceptors (Lipinski definition) is 1. The highest BCUT2D eigenvalue weighted by Gasteiger charge is 1.85. The number of amides is 1. The van der Waals surface area contributed by atoms with Crippen molar-refractivity contribution in [3.8, 4) is 12.3 Å². The third kappa shape index (κ3) is 7.03. The van der Waals surface area contributed by atoms with Crippen LogP contribution in [0, 0.1) is 12.3 Å². The number of carbonyl (C=O) groups is 1. The van der Waals surface area contributed by atoms with Gasteiger partial charge >= 0.3 is 0 Å². The molecule has 0 radical (unpaired) electrons. The van der Waals surface area contributed by atoms with Crippen LogP contribution in [0.3, 0.4) is 0 Å². The van der Waals surface area contributed by atoms with Gasteiger partial charge in [-0.25, -0.2) is 0 Å². The van der Waals surface area contributed by atoms with Gasteiger partial charge in [0.05, 0.1) is 0 Å². The van der Waals surface area contributed by atoms with E-state index in [0.717, 1.165) is 38.6 Å². The zero-order valence-electron chi connectivity index (χ0n) is 6.10. The molecule has 0 bridgehead atoms. The second kappa shape index (κ2) is 8.03. The van der Waals surface area contributed by atoms with Crippen molar-refractivity contribution in [3.05, 3.63) is 0 Å². The van der Waals surface area contributed by atoms with Crippen molar-refractivity contribution in [1.29, 1.82) is 0 Å². The van der Waals surface area contributed by atoms with Gasteiger partial charge in [-0.15, -0.1) is 12.3 Å². The zero-order valence-corrected chi connectivity index (χ0v) is 6.10. The van der Waals surface area contributed by atoms with Crippen LogP contribution in [0.1, 0.15) is 25.7 Å². The van der Waals surface area contributed by atoms with Gasteiger partial charge in [-0.1, -0.05) is 6.42 Å². The summed E-state index contributed by atoms with van der Waals surface area (Å²) in [6.45, 7) is 0.772. The molecule has 0 aromatic carbocycles. The van der Waals surface area contributed by atoms with E-state index in [2.05, 4.69) is 11.2 Å². The van der Waals surface area contributed by atoms with Crippen LogP contribution in [-0.2, 0) is 4.79 Å². The SMILES string of the molecule is C#CCCCCCNC=O. The lowest BCUT2D eigenvalue weighted by Crippen LogP contribution is -2.11. The molecule has 0 saturated heterocycles. The molecular weight excluding hydrogens is 126 g/mol. The molecule has 0 aromatic heterocycles. The average molecular weight is 139 g/mol. The smallest absolute Gasteiger partial charge is 0.207 e. The largest absolute Gasteiger partial charge is 0.359 e. The predicted molar refractivity (Wildman–Crippen MR) is 41.4 cm³/mol. The fourth-order valence-corrected chi connectivity index (χ4v) is 0.690. The van der Waals surface area contributed by atoms with E-state index in [4.69, 9.17) is 6.42 Å². The quantitative estimate of drug-likeness (QED) is 0.331. The molecular formula is C8H13NO. The molecule has 0 spiro atoms. The molecule has 1 amide bonds. The Morgan fingerprint density at radius 1 is 1.40 bits per heavy atom. The Morgan fingerprint density at radius 2 is 2.20 bits per heavy atom. The maximum absolute atomic E-state index is 9.75. The highest BCUT2D eigenvalue weighted by Crippen LogP contribution is 1.96. The molecule has 0 aliphatic carbocycles. The van der Waals surface area contributed by atoms with E-state index in [-0.39, 0.29) is 0 Å². The van der Waals surface area contributed by atoms with Crippen molar-refractivity contribution < 1.29 is 4.79 Å². The third-order valence-corrected chi connectivity index (χ3v) is 1.23. The standard InChI is InChI=1S/C8H13NO/c1-2-3-4-5-6-7-9-8-10/h1,8H,3-7H2,(H,9,10). The average Bonchev–Trinajstić information content (AvgIpc) is 1.97. The molecule has 0 atom stereocenters. The van der Waals surface area contributed by atoms with Gasteiger partial charge in [0.15, 0.2) is 0 Å². The van der Waals surface area contributed by atoms with Crippen LogP contribution in [-0.4, -0.2) is 13.0 Å². The third-order valence-electron chi connectivity index (χ3n) is 1.23. The number of carbonyl (C=O) groups excluding carboxylic acids is 1. The van der Waals surface area contributed by atoms with Crippen molar-refractivity contribution >= 4 is 6.41 Å². The van der Waals surface area contributed by atoms with Crippen LogP contribution in [0.15, 0.2) is 0 Å². The summed E-state index contributed by atoms with van der Waals surface area (Å²) >= 11 is 0. The van der Waals surface area contributed by atoms with E-state index < -0.39 is 0 Å². The summed E-state index contributed by atoms with van der Waals surface area (Å²) in [6, 6.07) is 0. The lowest BCUT2D eigenvalue weighted by Gasteiger charge is -1.95. The Kier molecular flexibility index (Phi) is 7.25. The minimum absolute atomic E-state index is 0.723. The minimum Gasteiger partial charge on any atom is -0.359 e. The topological polar surface area (TPSA) is 29.1 Å². The van der Waals surface area contributed by atoms with Crippen LogP contribution < -0.4 is 5.32 Å². The van der Waals surface area contributed by atoms with E-state index >= 15 is 0 Å². The number of unbranched alkanes of at least 4 members (excludes halogenated alkanes) is 3. The molecule has 1 N–H and O–H groups in total. The summed E-state index contributed by atoms with van der Waals surface area (Å²) in [5.74, 6) is 2.57. The molecule has 0 aromatic rings. The van der Waals surface area contributed by atoms with E-state index in [1.165, 1.54) is 0 Å². The number of rotatable bonds is 6. The maximum atomic E-state index is 9.75. The molecule has 56 valence electrons. The van der Waals surface area contributed by atoms with E-state index in [0.29, 0.717) is 0 Å². The normalized spacial score (nSPS) is 8.30. The summed E-state index contributed by atoms with van der Waals surface area (Å²) in [5, 5.41) is 2.59. The molecule has 0 heterocycles. The van der Waals surface area contributed by atoms with Crippen molar-refractivity contribution in [3.63, 3.8) is 0 Å². The Labute approximate surface area is 62.0 Å². The highest BCUT2D eigenvalue weighted by atomic mass is 16.1.